The predicted molar refractivity (Wildman–Crippen MR) is 82.1 cm³/mol. The second-order valence-corrected chi connectivity index (χ2v) is 4.93. The minimum atomic E-state index is -0.000360. The molecule has 1 heterocycles. The second-order valence-electron chi connectivity index (χ2n) is 4.93. The molecule has 0 N–H and O–H groups in total. The molecule has 0 fully saturated rings. The number of rotatable bonds is 3. The van der Waals surface area contributed by atoms with Crippen LogP contribution in [0.2, 0.25) is 0 Å². The lowest BCUT2D eigenvalue weighted by Crippen LogP contribution is -2.26. The van der Waals surface area contributed by atoms with Gasteiger partial charge in [-0.1, -0.05) is 35.5 Å². The Labute approximate surface area is 123 Å². The Balaban J connectivity index is 2.11. The van der Waals surface area contributed by atoms with Crippen LogP contribution in [0.1, 0.15) is 17.3 Å². The van der Waals surface area contributed by atoms with Gasteiger partial charge in [-0.25, -0.2) is 0 Å². The quantitative estimate of drug-likeness (QED) is 0.736. The highest BCUT2D eigenvalue weighted by molar-refractivity contribution is 6.00. The van der Waals surface area contributed by atoms with Crippen LogP contribution in [0, 0.1) is 0 Å². The molecule has 4 heteroatoms. The van der Waals surface area contributed by atoms with E-state index in [0.29, 0.717) is 17.9 Å². The number of carbonyl (C=O) groups is 1. The fraction of sp³-hybridized carbons (Fsp3) is 0.176. The molecule has 0 unspecified atom stereocenters. The van der Waals surface area contributed by atoms with E-state index in [1.54, 1.807) is 18.0 Å². The van der Waals surface area contributed by atoms with E-state index in [1.807, 2.05) is 49.4 Å². The molecule has 0 bridgehead atoms. The first-order valence-electron chi connectivity index (χ1n) is 6.91. The highest BCUT2D eigenvalue weighted by Gasteiger charge is 2.15. The zero-order chi connectivity index (χ0) is 14.8. The number of hydrogen-bond acceptors (Lipinski definition) is 3. The van der Waals surface area contributed by atoms with Crippen LogP contribution in [0.4, 0.5) is 0 Å². The van der Waals surface area contributed by atoms with Gasteiger partial charge in [0.25, 0.3) is 5.91 Å². The minimum Gasteiger partial charge on any atom is -0.355 e. The molecule has 0 spiro atoms. The summed E-state index contributed by atoms with van der Waals surface area (Å²) in [5.74, 6) is 0.694. The zero-order valence-electron chi connectivity index (χ0n) is 12.0. The van der Waals surface area contributed by atoms with Crippen molar-refractivity contribution in [1.82, 2.24) is 10.1 Å². The van der Waals surface area contributed by atoms with Gasteiger partial charge in [0.15, 0.2) is 5.76 Å². The smallest absolute Gasteiger partial charge is 0.253 e. The summed E-state index contributed by atoms with van der Waals surface area (Å²) in [5, 5.41) is 4.92. The maximum absolute atomic E-state index is 12.3. The first-order valence-corrected chi connectivity index (χ1v) is 6.91. The summed E-state index contributed by atoms with van der Waals surface area (Å²) >= 11 is 0. The number of nitrogens with zero attached hydrogens (tertiary/aromatic N) is 2. The van der Waals surface area contributed by atoms with Crippen LogP contribution in [0.5, 0.6) is 0 Å². The van der Waals surface area contributed by atoms with Gasteiger partial charge in [-0.3, -0.25) is 4.79 Å². The molecule has 1 amide bonds. The Morgan fingerprint density at radius 1 is 1.19 bits per heavy atom. The van der Waals surface area contributed by atoms with E-state index < -0.39 is 0 Å². The van der Waals surface area contributed by atoms with Crippen LogP contribution in [0.15, 0.2) is 53.1 Å². The lowest BCUT2D eigenvalue weighted by atomic mass is 10.1. The molecular formula is C17H16N2O2. The van der Waals surface area contributed by atoms with Crippen molar-refractivity contribution in [1.29, 1.82) is 0 Å². The number of fused-ring (bicyclic) bond motifs is 1. The van der Waals surface area contributed by atoms with Crippen molar-refractivity contribution in [2.45, 2.75) is 6.92 Å². The molecular weight excluding hydrogens is 264 g/mol. The van der Waals surface area contributed by atoms with Gasteiger partial charge < -0.3 is 9.42 Å². The van der Waals surface area contributed by atoms with Crippen molar-refractivity contribution in [2.24, 2.45) is 0 Å². The van der Waals surface area contributed by atoms with Crippen molar-refractivity contribution < 1.29 is 9.32 Å². The Kier molecular flexibility index (Phi) is 3.44. The van der Waals surface area contributed by atoms with Crippen molar-refractivity contribution in [3.63, 3.8) is 0 Å². The SMILES string of the molecule is CCN(C)C(=O)c1ccc2noc(-c3ccccc3)c2c1. The van der Waals surface area contributed by atoms with Crippen molar-refractivity contribution in [3.05, 3.63) is 54.1 Å². The maximum Gasteiger partial charge on any atom is 0.253 e. The highest BCUT2D eigenvalue weighted by atomic mass is 16.5. The Morgan fingerprint density at radius 3 is 2.67 bits per heavy atom. The molecule has 4 nitrogen and oxygen atoms in total. The Hall–Kier alpha value is -2.62. The van der Waals surface area contributed by atoms with Gasteiger partial charge in [0, 0.05) is 24.7 Å². The number of benzene rings is 2. The third-order valence-corrected chi connectivity index (χ3v) is 3.58. The van der Waals surface area contributed by atoms with E-state index in [2.05, 4.69) is 5.16 Å². The third kappa shape index (κ3) is 2.40. The first kappa shape index (κ1) is 13.4. The minimum absolute atomic E-state index is 0.000360. The molecule has 0 atom stereocenters. The molecule has 0 radical (unpaired) electrons. The van der Waals surface area contributed by atoms with Crippen LogP contribution in [0.3, 0.4) is 0 Å². The average molecular weight is 280 g/mol. The lowest BCUT2D eigenvalue weighted by Gasteiger charge is -2.14. The van der Waals surface area contributed by atoms with Gasteiger partial charge in [0.05, 0.1) is 5.39 Å². The van der Waals surface area contributed by atoms with Crippen LogP contribution in [-0.2, 0) is 0 Å². The van der Waals surface area contributed by atoms with Crippen LogP contribution in [0.25, 0.3) is 22.2 Å². The Morgan fingerprint density at radius 2 is 1.95 bits per heavy atom. The van der Waals surface area contributed by atoms with Gasteiger partial charge in [0.1, 0.15) is 5.52 Å². The van der Waals surface area contributed by atoms with Gasteiger partial charge in [0.2, 0.25) is 0 Å². The van der Waals surface area contributed by atoms with Gasteiger partial charge in [-0.15, -0.1) is 0 Å². The molecule has 106 valence electrons. The number of amides is 1. The number of hydrogen-bond donors (Lipinski definition) is 0. The molecule has 0 saturated heterocycles. The summed E-state index contributed by atoms with van der Waals surface area (Å²) in [6.45, 7) is 2.62. The van der Waals surface area contributed by atoms with Gasteiger partial charge in [-0.05, 0) is 25.1 Å². The number of aromatic nitrogens is 1. The predicted octanol–water partition coefficient (Wildman–Crippen LogP) is 3.59. The van der Waals surface area contributed by atoms with E-state index in [1.165, 1.54) is 0 Å². The normalized spacial score (nSPS) is 10.8. The largest absolute Gasteiger partial charge is 0.355 e. The summed E-state index contributed by atoms with van der Waals surface area (Å²) in [6, 6.07) is 15.2. The molecule has 0 aliphatic carbocycles. The monoisotopic (exact) mass is 280 g/mol. The van der Waals surface area contributed by atoms with Gasteiger partial charge >= 0.3 is 0 Å². The summed E-state index contributed by atoms with van der Waals surface area (Å²) in [5.41, 5.74) is 2.35. The number of carbonyl (C=O) groups excluding carboxylic acids is 1. The van der Waals surface area contributed by atoms with Gasteiger partial charge in [-0.2, -0.15) is 0 Å². The summed E-state index contributed by atoms with van der Waals surface area (Å²) < 4.78 is 5.45. The van der Waals surface area contributed by atoms with E-state index in [0.717, 1.165) is 16.5 Å². The van der Waals surface area contributed by atoms with E-state index in [9.17, 15) is 4.79 Å². The molecule has 3 rings (SSSR count). The Bertz CT molecular complexity index is 778. The van der Waals surface area contributed by atoms with Crippen molar-refractivity contribution in [2.75, 3.05) is 13.6 Å². The molecule has 21 heavy (non-hydrogen) atoms. The van der Waals surface area contributed by atoms with Crippen LogP contribution >= 0.6 is 0 Å². The lowest BCUT2D eigenvalue weighted by molar-refractivity contribution is 0.0802. The molecule has 3 aromatic rings. The summed E-state index contributed by atoms with van der Waals surface area (Å²) in [4.78, 5) is 13.9. The zero-order valence-corrected chi connectivity index (χ0v) is 12.0. The second kappa shape index (κ2) is 5.40. The average Bonchev–Trinajstić information content (AvgIpc) is 2.97. The molecule has 0 saturated carbocycles. The molecule has 0 aliphatic rings. The van der Waals surface area contributed by atoms with Crippen LogP contribution < -0.4 is 0 Å². The molecule has 2 aromatic carbocycles. The molecule has 1 aromatic heterocycles. The van der Waals surface area contributed by atoms with Crippen LogP contribution in [-0.4, -0.2) is 29.6 Å². The van der Waals surface area contributed by atoms with Crippen molar-refractivity contribution >= 4 is 16.8 Å². The highest BCUT2D eigenvalue weighted by Crippen LogP contribution is 2.29. The van der Waals surface area contributed by atoms with E-state index in [4.69, 9.17) is 4.52 Å². The fourth-order valence-corrected chi connectivity index (χ4v) is 2.24. The fourth-order valence-electron chi connectivity index (χ4n) is 2.24. The van der Waals surface area contributed by atoms with Crippen molar-refractivity contribution in [3.8, 4) is 11.3 Å². The molecule has 0 aliphatic heterocycles. The third-order valence-electron chi connectivity index (χ3n) is 3.58. The standard InChI is InChI=1S/C17H16N2O2/c1-3-19(2)17(20)13-9-10-15-14(11-13)16(21-18-15)12-7-5-4-6-8-12/h4-11H,3H2,1-2H3. The summed E-state index contributed by atoms with van der Waals surface area (Å²) in [7, 11) is 1.79. The van der Waals surface area contributed by atoms with E-state index in [-0.39, 0.29) is 5.91 Å². The summed E-state index contributed by atoms with van der Waals surface area (Å²) in [6.07, 6.45) is 0. The first-order chi connectivity index (χ1) is 10.2. The maximum atomic E-state index is 12.3. The topological polar surface area (TPSA) is 46.3 Å². The van der Waals surface area contributed by atoms with E-state index >= 15 is 0 Å².